The number of H-pyrrole nitrogens is 1. The van der Waals surface area contributed by atoms with Crippen molar-refractivity contribution in [2.75, 3.05) is 13.1 Å². The van der Waals surface area contributed by atoms with Crippen LogP contribution in [0.15, 0.2) is 73.1 Å². The highest BCUT2D eigenvalue weighted by Crippen LogP contribution is 2.37. The number of aromatic hydroxyl groups is 1. The summed E-state index contributed by atoms with van der Waals surface area (Å²) in [5.41, 5.74) is 6.42. The lowest BCUT2D eigenvalue weighted by Gasteiger charge is -2.31. The van der Waals surface area contributed by atoms with Gasteiger partial charge >= 0.3 is 0 Å². The number of piperidine rings is 1. The average Bonchev–Trinajstić information content (AvgIpc) is 3.28. The van der Waals surface area contributed by atoms with Crippen LogP contribution in [0.1, 0.15) is 30.0 Å². The van der Waals surface area contributed by atoms with Crippen molar-refractivity contribution in [1.29, 1.82) is 0 Å². The van der Waals surface area contributed by atoms with Crippen LogP contribution in [0.4, 0.5) is 4.39 Å². The van der Waals surface area contributed by atoms with Gasteiger partial charge in [0.1, 0.15) is 11.6 Å². The number of hydrogen-bond donors (Lipinski definition) is 2. The first-order chi connectivity index (χ1) is 16.1. The van der Waals surface area contributed by atoms with Crippen LogP contribution in [0, 0.1) is 5.82 Å². The van der Waals surface area contributed by atoms with Gasteiger partial charge in [-0.25, -0.2) is 4.39 Å². The second-order valence-corrected chi connectivity index (χ2v) is 8.99. The van der Waals surface area contributed by atoms with E-state index < -0.39 is 0 Å². The number of phenols is 1. The molecular formula is C27H25ClFN3O. The summed E-state index contributed by atoms with van der Waals surface area (Å²) in [6, 6.07) is 18.1. The molecule has 1 aliphatic heterocycles. The van der Waals surface area contributed by atoms with Crippen LogP contribution in [-0.4, -0.2) is 33.1 Å². The summed E-state index contributed by atoms with van der Waals surface area (Å²) >= 11 is 6.30. The van der Waals surface area contributed by atoms with Crippen molar-refractivity contribution in [3.8, 4) is 28.1 Å². The summed E-state index contributed by atoms with van der Waals surface area (Å²) < 4.78 is 13.5. The van der Waals surface area contributed by atoms with E-state index in [1.807, 2.05) is 30.3 Å². The standard InChI is InChI=1S/C27H25ClFN3O/c28-25-15-23(33)6-3-21(25)17-32-13-9-19(10-14-32)26-16-24(18-7-11-30-12-8-18)27(31-26)20-1-4-22(29)5-2-20/h1-8,11-12,15-16,19,31,33H,9-10,13-14,17H2. The first kappa shape index (κ1) is 21.7. The number of pyridine rings is 1. The zero-order valence-corrected chi connectivity index (χ0v) is 18.9. The van der Waals surface area contributed by atoms with Crippen LogP contribution in [0.25, 0.3) is 22.4 Å². The van der Waals surface area contributed by atoms with Crippen LogP contribution in [-0.2, 0) is 6.54 Å². The van der Waals surface area contributed by atoms with Gasteiger partial charge in [0.25, 0.3) is 0 Å². The van der Waals surface area contributed by atoms with Crippen LogP contribution < -0.4 is 0 Å². The number of likely N-dealkylation sites (tertiary alicyclic amines) is 1. The largest absolute Gasteiger partial charge is 0.508 e. The Hall–Kier alpha value is -3.15. The number of rotatable bonds is 5. The number of nitrogens with zero attached hydrogens (tertiary/aromatic N) is 2. The topological polar surface area (TPSA) is 52.1 Å². The van der Waals surface area contributed by atoms with E-state index in [0.29, 0.717) is 10.9 Å². The molecule has 5 rings (SSSR count). The molecule has 1 aliphatic rings. The zero-order valence-electron chi connectivity index (χ0n) is 18.1. The summed E-state index contributed by atoms with van der Waals surface area (Å²) in [7, 11) is 0. The first-order valence-electron chi connectivity index (χ1n) is 11.2. The molecule has 2 aromatic carbocycles. The highest BCUT2D eigenvalue weighted by atomic mass is 35.5. The summed E-state index contributed by atoms with van der Waals surface area (Å²) in [6.45, 7) is 2.72. The fraction of sp³-hybridized carbons (Fsp3) is 0.222. The summed E-state index contributed by atoms with van der Waals surface area (Å²) in [5, 5.41) is 10.2. The lowest BCUT2D eigenvalue weighted by molar-refractivity contribution is 0.203. The predicted molar refractivity (Wildman–Crippen MR) is 130 cm³/mol. The van der Waals surface area contributed by atoms with Crippen molar-refractivity contribution in [3.05, 3.63) is 95.2 Å². The predicted octanol–water partition coefficient (Wildman–Crippen LogP) is 6.62. The maximum absolute atomic E-state index is 13.5. The number of phenolic OH excluding ortho intramolecular Hbond substituents is 1. The molecule has 0 radical (unpaired) electrons. The molecule has 0 saturated carbocycles. The molecule has 0 bridgehead atoms. The number of aromatic amines is 1. The molecule has 0 amide bonds. The number of hydrogen-bond acceptors (Lipinski definition) is 3. The maximum atomic E-state index is 13.5. The summed E-state index contributed by atoms with van der Waals surface area (Å²) in [6.07, 6.45) is 5.66. The molecule has 0 unspecified atom stereocenters. The van der Waals surface area contributed by atoms with Crippen molar-refractivity contribution in [2.24, 2.45) is 0 Å². The minimum Gasteiger partial charge on any atom is -0.508 e. The monoisotopic (exact) mass is 461 g/mol. The van der Waals surface area contributed by atoms with E-state index in [1.54, 1.807) is 24.5 Å². The summed E-state index contributed by atoms with van der Waals surface area (Å²) in [4.78, 5) is 10.2. The van der Waals surface area contributed by atoms with Crippen LogP contribution in [0.2, 0.25) is 5.02 Å². The third kappa shape index (κ3) is 4.80. The van der Waals surface area contributed by atoms with E-state index in [-0.39, 0.29) is 11.6 Å². The van der Waals surface area contributed by atoms with Crippen molar-refractivity contribution in [2.45, 2.75) is 25.3 Å². The molecule has 3 heterocycles. The molecule has 2 N–H and O–H groups in total. The SMILES string of the molecule is Oc1ccc(CN2CCC(c3cc(-c4ccncc4)c(-c4ccc(F)cc4)[nH]3)CC2)c(Cl)c1. The lowest BCUT2D eigenvalue weighted by Crippen LogP contribution is -2.32. The molecule has 4 nitrogen and oxygen atoms in total. The highest BCUT2D eigenvalue weighted by molar-refractivity contribution is 6.31. The molecule has 4 aromatic rings. The van der Waals surface area contributed by atoms with Crippen molar-refractivity contribution in [3.63, 3.8) is 0 Å². The minimum absolute atomic E-state index is 0.191. The third-order valence-electron chi connectivity index (χ3n) is 6.42. The Labute approximate surface area is 197 Å². The number of benzene rings is 2. The second kappa shape index (κ2) is 9.38. The van der Waals surface area contributed by atoms with Gasteiger partial charge in [0, 0.05) is 41.1 Å². The molecule has 1 fully saturated rings. The van der Waals surface area contributed by atoms with E-state index in [2.05, 4.69) is 20.9 Å². The summed E-state index contributed by atoms with van der Waals surface area (Å²) in [5.74, 6) is 0.375. The van der Waals surface area contributed by atoms with E-state index in [0.717, 1.165) is 60.4 Å². The quantitative estimate of drug-likeness (QED) is 0.351. The number of nitrogens with one attached hydrogen (secondary N) is 1. The Morgan fingerprint density at radius 1 is 0.970 bits per heavy atom. The van der Waals surface area contributed by atoms with Crippen molar-refractivity contribution >= 4 is 11.6 Å². The number of halogens is 2. The first-order valence-corrected chi connectivity index (χ1v) is 11.5. The lowest BCUT2D eigenvalue weighted by atomic mass is 9.92. The normalized spacial score (nSPS) is 15.1. The molecular weight excluding hydrogens is 437 g/mol. The minimum atomic E-state index is -0.239. The van der Waals surface area contributed by atoms with Gasteiger partial charge in [0.15, 0.2) is 0 Å². The third-order valence-corrected chi connectivity index (χ3v) is 6.77. The van der Waals surface area contributed by atoms with Gasteiger partial charge in [-0.05, 0) is 97.2 Å². The van der Waals surface area contributed by atoms with Gasteiger partial charge in [-0.2, -0.15) is 0 Å². The Kier molecular flexibility index (Phi) is 6.16. The van der Waals surface area contributed by atoms with Crippen LogP contribution in [0.5, 0.6) is 5.75 Å². The fourth-order valence-corrected chi connectivity index (χ4v) is 4.84. The van der Waals surface area contributed by atoms with Crippen molar-refractivity contribution in [1.82, 2.24) is 14.9 Å². The molecule has 1 saturated heterocycles. The van der Waals surface area contributed by atoms with E-state index >= 15 is 0 Å². The Morgan fingerprint density at radius 3 is 2.39 bits per heavy atom. The Morgan fingerprint density at radius 2 is 1.70 bits per heavy atom. The van der Waals surface area contributed by atoms with E-state index in [9.17, 15) is 9.50 Å². The number of aromatic nitrogens is 2. The van der Waals surface area contributed by atoms with E-state index in [4.69, 9.17) is 11.6 Å². The average molecular weight is 462 g/mol. The van der Waals surface area contributed by atoms with Gasteiger partial charge in [-0.3, -0.25) is 9.88 Å². The molecule has 6 heteroatoms. The molecule has 0 atom stereocenters. The van der Waals surface area contributed by atoms with Gasteiger partial charge in [-0.1, -0.05) is 17.7 Å². The smallest absolute Gasteiger partial charge is 0.123 e. The fourth-order valence-electron chi connectivity index (χ4n) is 4.61. The van der Waals surface area contributed by atoms with Crippen LogP contribution >= 0.6 is 11.6 Å². The second-order valence-electron chi connectivity index (χ2n) is 8.58. The van der Waals surface area contributed by atoms with Gasteiger partial charge in [0.05, 0.1) is 5.69 Å². The van der Waals surface area contributed by atoms with Gasteiger partial charge in [-0.15, -0.1) is 0 Å². The van der Waals surface area contributed by atoms with Gasteiger partial charge in [0.2, 0.25) is 0 Å². The molecule has 0 spiro atoms. The maximum Gasteiger partial charge on any atom is 0.123 e. The molecule has 0 aliphatic carbocycles. The highest BCUT2D eigenvalue weighted by Gasteiger charge is 2.24. The van der Waals surface area contributed by atoms with E-state index in [1.165, 1.54) is 17.8 Å². The van der Waals surface area contributed by atoms with Gasteiger partial charge < -0.3 is 10.1 Å². The molecule has 2 aromatic heterocycles. The van der Waals surface area contributed by atoms with Crippen molar-refractivity contribution < 1.29 is 9.50 Å². The van der Waals surface area contributed by atoms with Crippen LogP contribution in [0.3, 0.4) is 0 Å². The Bertz CT molecular complexity index is 1230. The Balaban J connectivity index is 1.36. The molecule has 33 heavy (non-hydrogen) atoms. The molecule has 168 valence electrons. The zero-order chi connectivity index (χ0) is 22.8.